The SMILES string of the molecule is CC(C)NC(=O)COc1cccc(-c2nc(Nc3ccc(N)c(C=N)c3)c3ccccc3n2)c1. The second-order valence-corrected chi connectivity index (χ2v) is 8.06. The van der Waals surface area contributed by atoms with E-state index in [0.29, 0.717) is 28.6 Å². The number of nitrogens with one attached hydrogen (secondary N) is 3. The summed E-state index contributed by atoms with van der Waals surface area (Å²) in [6.07, 6.45) is 1.22. The Balaban J connectivity index is 1.66. The predicted molar refractivity (Wildman–Crippen MR) is 136 cm³/mol. The molecule has 5 N–H and O–H groups in total. The Kier molecular flexibility index (Phi) is 6.68. The quantitative estimate of drug-likeness (QED) is 0.229. The van der Waals surface area contributed by atoms with Gasteiger partial charge in [-0.15, -0.1) is 0 Å². The summed E-state index contributed by atoms with van der Waals surface area (Å²) in [5.41, 5.74) is 9.37. The average Bonchev–Trinajstić information content (AvgIpc) is 2.83. The van der Waals surface area contributed by atoms with E-state index in [1.807, 2.05) is 62.4 Å². The molecule has 0 atom stereocenters. The van der Waals surface area contributed by atoms with E-state index >= 15 is 0 Å². The molecule has 4 aromatic rings. The number of carbonyl (C=O) groups is 1. The Morgan fingerprint density at radius 1 is 1.09 bits per heavy atom. The Morgan fingerprint density at radius 2 is 1.91 bits per heavy atom. The van der Waals surface area contributed by atoms with Gasteiger partial charge in [0.1, 0.15) is 11.6 Å². The number of rotatable bonds is 8. The highest BCUT2D eigenvalue weighted by molar-refractivity contribution is 5.93. The first kappa shape index (κ1) is 22.7. The Bertz CT molecular complexity index is 1350. The normalized spacial score (nSPS) is 10.8. The van der Waals surface area contributed by atoms with Gasteiger partial charge in [0.15, 0.2) is 12.4 Å². The number of nitrogens with zero attached hydrogens (tertiary/aromatic N) is 2. The van der Waals surface area contributed by atoms with Gasteiger partial charge in [-0.25, -0.2) is 9.97 Å². The molecule has 0 aliphatic carbocycles. The molecule has 0 radical (unpaired) electrons. The number of nitrogens with two attached hydrogens (primary N) is 1. The van der Waals surface area contributed by atoms with Crippen LogP contribution >= 0.6 is 0 Å². The van der Waals surface area contributed by atoms with Gasteiger partial charge in [0.25, 0.3) is 5.91 Å². The first-order valence-corrected chi connectivity index (χ1v) is 10.9. The van der Waals surface area contributed by atoms with Crippen molar-refractivity contribution in [3.8, 4) is 17.1 Å². The van der Waals surface area contributed by atoms with Crippen LogP contribution in [0.25, 0.3) is 22.3 Å². The van der Waals surface area contributed by atoms with E-state index < -0.39 is 0 Å². The fraction of sp³-hybridized carbons (Fsp3) is 0.154. The maximum Gasteiger partial charge on any atom is 0.258 e. The molecule has 4 rings (SSSR count). The first-order valence-electron chi connectivity index (χ1n) is 10.9. The summed E-state index contributed by atoms with van der Waals surface area (Å²) in [4.78, 5) is 21.4. The largest absolute Gasteiger partial charge is 0.484 e. The fourth-order valence-corrected chi connectivity index (χ4v) is 3.45. The highest BCUT2D eigenvalue weighted by atomic mass is 16.5. The summed E-state index contributed by atoms with van der Waals surface area (Å²) in [6, 6.07) is 20.5. The third-order valence-corrected chi connectivity index (χ3v) is 5.02. The van der Waals surface area contributed by atoms with E-state index in [1.165, 1.54) is 6.21 Å². The maximum atomic E-state index is 11.9. The van der Waals surface area contributed by atoms with E-state index in [-0.39, 0.29) is 18.6 Å². The number of hydrogen-bond donors (Lipinski definition) is 4. The van der Waals surface area contributed by atoms with Crippen LogP contribution in [0, 0.1) is 5.41 Å². The smallest absolute Gasteiger partial charge is 0.258 e. The molecule has 1 aromatic heterocycles. The summed E-state index contributed by atoms with van der Waals surface area (Å²) < 4.78 is 5.66. The van der Waals surface area contributed by atoms with Crippen molar-refractivity contribution in [3.05, 3.63) is 72.3 Å². The molecule has 3 aromatic carbocycles. The van der Waals surface area contributed by atoms with Crippen molar-refractivity contribution in [1.29, 1.82) is 5.41 Å². The molecular formula is C26H26N6O2. The van der Waals surface area contributed by atoms with Gasteiger partial charge in [0.05, 0.1) is 5.52 Å². The molecule has 34 heavy (non-hydrogen) atoms. The highest BCUT2D eigenvalue weighted by Crippen LogP contribution is 2.29. The van der Waals surface area contributed by atoms with Gasteiger partial charge < -0.3 is 26.5 Å². The third-order valence-electron chi connectivity index (χ3n) is 5.02. The Labute approximate surface area is 197 Å². The number of benzene rings is 3. The van der Waals surface area contributed by atoms with Gasteiger partial charge in [0.2, 0.25) is 0 Å². The molecule has 8 heteroatoms. The second kappa shape index (κ2) is 9.99. The molecule has 0 spiro atoms. The standard InChI is InChI=1S/C26H26N6O2/c1-16(2)29-24(33)15-34-20-7-5-6-17(13-20)25-31-23-9-4-3-8-21(23)26(32-25)30-19-10-11-22(28)18(12-19)14-27/h3-14,16,27H,15,28H2,1-2H3,(H,29,33)(H,30,31,32). The van der Waals surface area contributed by atoms with Gasteiger partial charge in [0, 0.05) is 40.1 Å². The van der Waals surface area contributed by atoms with E-state index in [1.54, 1.807) is 18.2 Å². The van der Waals surface area contributed by atoms with Gasteiger partial charge in [-0.3, -0.25) is 4.79 Å². The molecule has 0 unspecified atom stereocenters. The molecule has 0 saturated carbocycles. The van der Waals surface area contributed by atoms with Crippen LogP contribution in [0.1, 0.15) is 19.4 Å². The Morgan fingerprint density at radius 3 is 2.71 bits per heavy atom. The fourth-order valence-electron chi connectivity index (χ4n) is 3.45. The van der Waals surface area contributed by atoms with E-state index in [0.717, 1.165) is 22.2 Å². The number of fused-ring (bicyclic) bond motifs is 1. The van der Waals surface area contributed by atoms with E-state index in [9.17, 15) is 4.79 Å². The summed E-state index contributed by atoms with van der Waals surface area (Å²) in [5, 5.41) is 14.6. The van der Waals surface area contributed by atoms with Gasteiger partial charge in [-0.2, -0.15) is 0 Å². The number of amides is 1. The lowest BCUT2D eigenvalue weighted by molar-refractivity contribution is -0.123. The maximum absolute atomic E-state index is 11.9. The van der Waals surface area contributed by atoms with Crippen molar-refractivity contribution >= 4 is 40.2 Å². The van der Waals surface area contributed by atoms with Gasteiger partial charge >= 0.3 is 0 Å². The van der Waals surface area contributed by atoms with E-state index in [4.69, 9.17) is 25.8 Å². The molecule has 8 nitrogen and oxygen atoms in total. The highest BCUT2D eigenvalue weighted by Gasteiger charge is 2.12. The average molecular weight is 455 g/mol. The monoisotopic (exact) mass is 454 g/mol. The van der Waals surface area contributed by atoms with Crippen molar-refractivity contribution in [3.63, 3.8) is 0 Å². The number of para-hydroxylation sites is 1. The second-order valence-electron chi connectivity index (χ2n) is 8.06. The van der Waals surface area contributed by atoms with Crippen molar-refractivity contribution in [2.24, 2.45) is 0 Å². The zero-order chi connectivity index (χ0) is 24.1. The van der Waals surface area contributed by atoms with Crippen molar-refractivity contribution < 1.29 is 9.53 Å². The van der Waals surface area contributed by atoms with Gasteiger partial charge in [-0.05, 0) is 56.3 Å². The lowest BCUT2D eigenvalue weighted by Crippen LogP contribution is -2.34. The molecule has 0 saturated heterocycles. The van der Waals surface area contributed by atoms with Crippen LogP contribution < -0.4 is 21.1 Å². The molecule has 0 aliphatic heterocycles. The topological polar surface area (TPSA) is 126 Å². The van der Waals surface area contributed by atoms with Crippen LogP contribution in [0.3, 0.4) is 0 Å². The molecule has 0 fully saturated rings. The lowest BCUT2D eigenvalue weighted by atomic mass is 10.1. The number of carbonyl (C=O) groups excluding carboxylic acids is 1. The van der Waals surface area contributed by atoms with Gasteiger partial charge in [-0.1, -0.05) is 24.3 Å². The van der Waals surface area contributed by atoms with Crippen LogP contribution in [-0.2, 0) is 4.79 Å². The molecule has 0 aliphatic rings. The minimum Gasteiger partial charge on any atom is -0.484 e. The van der Waals surface area contributed by atoms with Crippen molar-refractivity contribution in [1.82, 2.24) is 15.3 Å². The molecule has 1 amide bonds. The van der Waals surface area contributed by atoms with Crippen LogP contribution in [-0.4, -0.2) is 34.7 Å². The number of aromatic nitrogens is 2. The number of hydrogen-bond acceptors (Lipinski definition) is 7. The molecule has 1 heterocycles. The number of ether oxygens (including phenoxy) is 1. The van der Waals surface area contributed by atoms with Crippen molar-refractivity contribution in [2.75, 3.05) is 17.7 Å². The third kappa shape index (κ3) is 5.29. The lowest BCUT2D eigenvalue weighted by Gasteiger charge is -2.13. The minimum atomic E-state index is -0.179. The van der Waals surface area contributed by atoms with E-state index in [2.05, 4.69) is 10.6 Å². The first-order chi connectivity index (χ1) is 16.4. The zero-order valence-corrected chi connectivity index (χ0v) is 19.0. The van der Waals surface area contributed by atoms with Crippen LogP contribution in [0.4, 0.5) is 17.2 Å². The number of nitrogen functional groups attached to an aromatic ring is 1. The summed E-state index contributed by atoms with van der Waals surface area (Å²) in [6.45, 7) is 3.73. The van der Waals surface area contributed by atoms with Crippen LogP contribution in [0.2, 0.25) is 0 Å². The molecular weight excluding hydrogens is 428 g/mol. The number of anilines is 3. The summed E-state index contributed by atoms with van der Waals surface area (Å²) in [7, 11) is 0. The van der Waals surface area contributed by atoms with Crippen molar-refractivity contribution in [2.45, 2.75) is 19.9 Å². The summed E-state index contributed by atoms with van der Waals surface area (Å²) >= 11 is 0. The van der Waals surface area contributed by atoms with Crippen LogP contribution in [0.15, 0.2) is 66.7 Å². The zero-order valence-electron chi connectivity index (χ0n) is 19.0. The summed E-state index contributed by atoms with van der Waals surface area (Å²) in [5.74, 6) is 1.52. The Hall–Kier alpha value is -4.46. The van der Waals surface area contributed by atoms with Crippen LogP contribution in [0.5, 0.6) is 5.75 Å². The predicted octanol–water partition coefficient (Wildman–Crippen LogP) is 4.52. The molecule has 0 bridgehead atoms. The molecule has 172 valence electrons. The minimum absolute atomic E-state index is 0.0514.